The van der Waals surface area contributed by atoms with E-state index in [1.54, 1.807) is 0 Å². The molecule has 6 radical (unpaired) electrons. The fourth-order valence-electron chi connectivity index (χ4n) is 1.41. The molecule has 1 rings (SSSR count). The van der Waals surface area contributed by atoms with Gasteiger partial charge in [-0.15, -0.1) is 11.8 Å². The second-order valence-electron chi connectivity index (χ2n) is 3.62. The van der Waals surface area contributed by atoms with Gasteiger partial charge in [0.25, 0.3) is 0 Å². The van der Waals surface area contributed by atoms with Gasteiger partial charge in [0.1, 0.15) is 0 Å². The van der Waals surface area contributed by atoms with Crippen LogP contribution in [0.15, 0.2) is 0 Å². The van der Waals surface area contributed by atoms with Crippen molar-refractivity contribution in [2.24, 2.45) is 0 Å². The molecular weight excluding hydrogens is 410 g/mol. The van der Waals surface area contributed by atoms with Crippen LogP contribution in [0.25, 0.3) is 0 Å². The summed E-state index contributed by atoms with van der Waals surface area (Å²) in [6, 6.07) is 0. The Balaban J connectivity index is -0.000000107. The second-order valence-corrected chi connectivity index (χ2v) is 3.62. The molecule has 0 amide bonds. The molecule has 104 valence electrons. The van der Waals surface area contributed by atoms with Gasteiger partial charge in [-0.3, -0.25) is 0 Å². The second kappa shape index (κ2) is 17.7. The summed E-state index contributed by atoms with van der Waals surface area (Å²) < 4.78 is 15.0. The Kier molecular flexibility index (Phi) is 25.3. The van der Waals surface area contributed by atoms with E-state index in [9.17, 15) is 0 Å². The first-order valence-corrected chi connectivity index (χ1v) is 5.41. The Bertz CT molecular complexity index is 229. The molecule has 1 aliphatic carbocycles. The van der Waals surface area contributed by atoms with E-state index in [0.717, 1.165) is 0 Å². The summed E-state index contributed by atoms with van der Waals surface area (Å²) in [5.41, 5.74) is 0. The van der Waals surface area contributed by atoms with Crippen LogP contribution in [-0.4, -0.2) is 0 Å². The number of hydrogen-bond acceptors (Lipinski definition) is 0. The monoisotopic (exact) mass is 432 g/mol. The Morgan fingerprint density at radius 1 is 0.579 bits per heavy atom. The van der Waals surface area contributed by atoms with Gasteiger partial charge in [-0.1, -0.05) is 34.6 Å². The van der Waals surface area contributed by atoms with Gasteiger partial charge in [0.15, 0.2) is 0 Å². The summed E-state index contributed by atoms with van der Waals surface area (Å²) in [6.45, 7) is 23.6. The third kappa shape index (κ3) is 10.2. The van der Waals surface area contributed by atoms with Gasteiger partial charge in [-0.25, -0.2) is 0 Å². The van der Waals surface area contributed by atoms with Gasteiger partial charge >= 0.3 is 22.6 Å². The molecule has 0 spiro atoms. The summed E-state index contributed by atoms with van der Waals surface area (Å²) in [6.07, 6.45) is 0. The van der Waals surface area contributed by atoms with E-state index in [4.69, 9.17) is 9.30 Å². The van der Waals surface area contributed by atoms with E-state index in [1.165, 1.54) is 29.6 Å². The molecule has 1 saturated carbocycles. The average molecular weight is 432 g/mol. The minimum atomic E-state index is 0. The molecule has 0 unspecified atom stereocenters. The first kappa shape index (κ1) is 27.1. The average Bonchev–Trinajstić information content (AvgIpc) is 2.61. The molecule has 0 heterocycles. The Hall–Kier alpha value is -0.298. The zero-order valence-corrected chi connectivity index (χ0v) is 15.4. The third-order valence-corrected chi connectivity index (χ3v) is 3.06. The van der Waals surface area contributed by atoms with E-state index in [1.807, 2.05) is 13.8 Å². The maximum atomic E-state index is 7.50. The Morgan fingerprint density at radius 3 is 0.737 bits per heavy atom. The van der Waals surface area contributed by atoms with Crippen molar-refractivity contribution < 1.29 is 29.7 Å². The van der Waals surface area contributed by atoms with E-state index >= 15 is 0 Å². The topological polar surface area (TPSA) is 39.8 Å². The van der Waals surface area contributed by atoms with Crippen LogP contribution in [0.1, 0.15) is 48.5 Å². The molecule has 0 aliphatic heterocycles. The maximum absolute atomic E-state index is 7.50. The molecule has 0 atom stereocenters. The van der Waals surface area contributed by atoms with Crippen LogP contribution in [-0.2, 0) is 29.7 Å². The SMILES string of the molecule is CC#CC.C[C]1[C](C)[C](C)[C](C)[C]1C.[C-]#[O+].[C-]#[O+].[Re]. The van der Waals surface area contributed by atoms with Crippen LogP contribution in [0.4, 0.5) is 0 Å². The molecule has 0 N–H and O–H groups in total. The molecule has 3 heteroatoms. The van der Waals surface area contributed by atoms with E-state index in [0.29, 0.717) is 0 Å². The van der Waals surface area contributed by atoms with Crippen LogP contribution < -0.4 is 0 Å². The first-order valence-electron chi connectivity index (χ1n) is 5.41. The summed E-state index contributed by atoms with van der Waals surface area (Å²) in [5.74, 6) is 12.7. The van der Waals surface area contributed by atoms with Crippen molar-refractivity contribution in [2.75, 3.05) is 0 Å². The fourth-order valence-corrected chi connectivity index (χ4v) is 1.41. The minimum absolute atomic E-state index is 0. The largest absolute Gasteiger partial charge is 0 e. The number of rotatable bonds is 0. The van der Waals surface area contributed by atoms with Crippen LogP contribution in [0.5, 0.6) is 0 Å². The molecule has 0 aromatic carbocycles. The summed E-state index contributed by atoms with van der Waals surface area (Å²) >= 11 is 0. The predicted molar refractivity (Wildman–Crippen MR) is 71.6 cm³/mol. The Morgan fingerprint density at radius 2 is 0.684 bits per heavy atom. The Labute approximate surface area is 133 Å². The van der Waals surface area contributed by atoms with Gasteiger partial charge in [0.05, 0.1) is 0 Å². The molecule has 1 fully saturated rings. The first-order chi connectivity index (χ1) is 8.47. The normalized spacial score (nSPS) is 15.9. The van der Waals surface area contributed by atoms with E-state index in [2.05, 4.69) is 59.8 Å². The van der Waals surface area contributed by atoms with Gasteiger partial charge < -0.3 is 0 Å². The minimum Gasteiger partial charge on any atom is 0 e. The van der Waals surface area contributed by atoms with Gasteiger partial charge in [-0.2, -0.15) is 0 Å². The van der Waals surface area contributed by atoms with Crippen molar-refractivity contribution in [1.82, 2.24) is 0 Å². The van der Waals surface area contributed by atoms with Crippen molar-refractivity contribution in [3.05, 3.63) is 42.9 Å². The third-order valence-electron chi connectivity index (χ3n) is 3.06. The standard InChI is InChI=1S/C10H15.C4H6.2CO.Re/c1-6-7(2)9(4)10(5)8(6)3;1-3-4-2;2*1-2;/h1-5H3;1-2H3;;;. The van der Waals surface area contributed by atoms with Gasteiger partial charge in [0, 0.05) is 20.4 Å². The van der Waals surface area contributed by atoms with Crippen LogP contribution >= 0.6 is 0 Å². The fraction of sp³-hybridized carbons (Fsp3) is 0.438. The zero-order valence-electron chi connectivity index (χ0n) is 12.7. The van der Waals surface area contributed by atoms with Crippen molar-refractivity contribution in [2.45, 2.75) is 48.5 Å². The molecule has 0 saturated heterocycles. The smallest absolute Gasteiger partial charge is 0 e. The number of hydrogen-bond donors (Lipinski definition) is 0. The van der Waals surface area contributed by atoms with Gasteiger partial charge in [0.2, 0.25) is 0 Å². The molecule has 0 aromatic heterocycles. The van der Waals surface area contributed by atoms with E-state index in [-0.39, 0.29) is 20.4 Å². The van der Waals surface area contributed by atoms with Gasteiger partial charge in [-0.05, 0) is 43.4 Å². The molecule has 2 nitrogen and oxygen atoms in total. The van der Waals surface area contributed by atoms with Crippen molar-refractivity contribution in [3.63, 3.8) is 0 Å². The maximum Gasteiger partial charge on any atom is 0 e. The van der Waals surface area contributed by atoms with Crippen molar-refractivity contribution >= 4 is 0 Å². The molecule has 0 bridgehead atoms. The van der Waals surface area contributed by atoms with Crippen LogP contribution in [0, 0.1) is 54.7 Å². The van der Waals surface area contributed by atoms with Crippen molar-refractivity contribution in [1.29, 1.82) is 0 Å². The summed E-state index contributed by atoms with van der Waals surface area (Å²) in [4.78, 5) is 0. The van der Waals surface area contributed by atoms with Crippen LogP contribution in [0.2, 0.25) is 0 Å². The van der Waals surface area contributed by atoms with E-state index < -0.39 is 0 Å². The zero-order chi connectivity index (χ0) is 15.3. The molecule has 1 aliphatic rings. The summed E-state index contributed by atoms with van der Waals surface area (Å²) in [5, 5.41) is 0. The van der Waals surface area contributed by atoms with Crippen molar-refractivity contribution in [3.8, 4) is 11.8 Å². The quantitative estimate of drug-likeness (QED) is 0.317. The predicted octanol–water partition coefficient (Wildman–Crippen LogP) is 3.92. The molecule has 0 aromatic rings. The summed E-state index contributed by atoms with van der Waals surface area (Å²) in [7, 11) is 0. The molecule has 19 heavy (non-hydrogen) atoms. The molecular formula is C16H21O2Re. The van der Waals surface area contributed by atoms with Crippen LogP contribution in [0.3, 0.4) is 0 Å².